The number of hydrogen-bond donors (Lipinski definition) is 2. The van der Waals surface area contributed by atoms with Crippen molar-refractivity contribution in [2.75, 3.05) is 19.0 Å². The van der Waals surface area contributed by atoms with E-state index in [4.69, 9.17) is 21.4 Å². The number of nitrogens with one attached hydrogen (secondary N) is 1. The fourth-order valence-corrected chi connectivity index (χ4v) is 1.31. The number of benzene rings is 1. The van der Waals surface area contributed by atoms with Gasteiger partial charge in [-0.25, -0.2) is 9.18 Å². The second-order valence-electron chi connectivity index (χ2n) is 3.11. The van der Waals surface area contributed by atoms with E-state index in [0.29, 0.717) is 5.02 Å². The number of ether oxygens (including phenoxy) is 1. The first-order valence-corrected chi connectivity index (χ1v) is 4.85. The van der Waals surface area contributed by atoms with Crippen molar-refractivity contribution >= 4 is 23.3 Å². The molecule has 0 aliphatic heterocycles. The van der Waals surface area contributed by atoms with Crippen LogP contribution < -0.4 is 5.32 Å². The van der Waals surface area contributed by atoms with Crippen molar-refractivity contribution in [3.63, 3.8) is 0 Å². The molecule has 88 valence electrons. The molecule has 1 atom stereocenters. The quantitative estimate of drug-likeness (QED) is 0.836. The lowest BCUT2D eigenvalue weighted by Crippen LogP contribution is -2.33. The Morgan fingerprint density at radius 2 is 2.38 bits per heavy atom. The van der Waals surface area contributed by atoms with Crippen LogP contribution in [0.3, 0.4) is 0 Å². The van der Waals surface area contributed by atoms with Crippen LogP contribution in [0.4, 0.5) is 10.1 Å². The van der Waals surface area contributed by atoms with Gasteiger partial charge in [0.2, 0.25) is 0 Å². The van der Waals surface area contributed by atoms with Crippen LogP contribution in [-0.4, -0.2) is 30.8 Å². The zero-order valence-electron chi connectivity index (χ0n) is 8.54. The molecule has 4 nitrogen and oxygen atoms in total. The van der Waals surface area contributed by atoms with E-state index in [9.17, 15) is 9.18 Å². The second-order valence-corrected chi connectivity index (χ2v) is 3.55. The van der Waals surface area contributed by atoms with E-state index in [1.54, 1.807) is 0 Å². The lowest BCUT2D eigenvalue weighted by molar-refractivity contribution is -0.139. The van der Waals surface area contributed by atoms with Crippen LogP contribution in [-0.2, 0) is 9.53 Å². The summed E-state index contributed by atoms with van der Waals surface area (Å²) in [7, 11) is 1.37. The van der Waals surface area contributed by atoms with Crippen LogP contribution in [0, 0.1) is 5.82 Å². The van der Waals surface area contributed by atoms with Crippen LogP contribution >= 0.6 is 11.6 Å². The van der Waals surface area contributed by atoms with Gasteiger partial charge in [-0.15, -0.1) is 0 Å². The molecule has 0 spiro atoms. The number of hydrogen-bond acceptors (Lipinski definition) is 3. The summed E-state index contributed by atoms with van der Waals surface area (Å²) in [5, 5.41) is 11.7. The largest absolute Gasteiger partial charge is 0.480 e. The Labute approximate surface area is 97.0 Å². The highest BCUT2D eigenvalue weighted by molar-refractivity contribution is 6.30. The molecule has 2 N–H and O–H groups in total. The van der Waals surface area contributed by atoms with Gasteiger partial charge in [0.05, 0.1) is 12.3 Å². The highest BCUT2D eigenvalue weighted by atomic mass is 35.5. The fourth-order valence-electron chi connectivity index (χ4n) is 1.14. The van der Waals surface area contributed by atoms with Gasteiger partial charge in [-0.1, -0.05) is 11.6 Å². The Hall–Kier alpha value is -1.33. The fraction of sp³-hybridized carbons (Fsp3) is 0.300. The molecule has 0 saturated heterocycles. The minimum absolute atomic E-state index is 0.0388. The normalized spacial score (nSPS) is 12.2. The first-order valence-electron chi connectivity index (χ1n) is 4.48. The molecule has 0 aromatic heterocycles. The number of carbonyl (C=O) groups is 1. The summed E-state index contributed by atoms with van der Waals surface area (Å²) in [6, 6.07) is 2.85. The van der Waals surface area contributed by atoms with Gasteiger partial charge in [-0.05, 0) is 18.2 Å². The number of methoxy groups -OCH3 is 1. The minimum Gasteiger partial charge on any atom is -0.480 e. The maximum Gasteiger partial charge on any atom is 0.328 e. The topological polar surface area (TPSA) is 58.6 Å². The molecule has 1 unspecified atom stereocenters. The number of anilines is 1. The Balaban J connectivity index is 2.84. The summed E-state index contributed by atoms with van der Waals surface area (Å²) in [5.41, 5.74) is 0.0388. The molecule has 1 aromatic carbocycles. The van der Waals surface area contributed by atoms with Crippen LogP contribution in [0.15, 0.2) is 18.2 Å². The van der Waals surface area contributed by atoms with E-state index in [2.05, 4.69) is 5.32 Å². The first-order chi connectivity index (χ1) is 7.54. The molecule has 0 amide bonds. The maximum absolute atomic E-state index is 13.3. The monoisotopic (exact) mass is 247 g/mol. The lowest BCUT2D eigenvalue weighted by Gasteiger charge is -2.15. The summed E-state index contributed by atoms with van der Waals surface area (Å²) in [5.74, 6) is -1.69. The molecule has 0 fully saturated rings. The van der Waals surface area contributed by atoms with E-state index in [1.165, 1.54) is 19.2 Å². The van der Waals surface area contributed by atoms with Crippen molar-refractivity contribution in [3.8, 4) is 0 Å². The third-order valence-corrected chi connectivity index (χ3v) is 2.12. The van der Waals surface area contributed by atoms with Crippen molar-refractivity contribution in [1.82, 2.24) is 0 Å². The molecule has 16 heavy (non-hydrogen) atoms. The van der Waals surface area contributed by atoms with Gasteiger partial charge in [0.15, 0.2) is 0 Å². The van der Waals surface area contributed by atoms with Crippen LogP contribution in [0.25, 0.3) is 0 Å². The highest BCUT2D eigenvalue weighted by Crippen LogP contribution is 2.20. The molecule has 0 aliphatic rings. The smallest absolute Gasteiger partial charge is 0.328 e. The molecule has 0 bridgehead atoms. The summed E-state index contributed by atoms with van der Waals surface area (Å²) < 4.78 is 18.0. The van der Waals surface area contributed by atoms with Gasteiger partial charge in [0.1, 0.15) is 11.9 Å². The molecule has 1 aromatic rings. The molecular formula is C10H11ClFNO3. The van der Waals surface area contributed by atoms with Crippen LogP contribution in [0.5, 0.6) is 0 Å². The van der Waals surface area contributed by atoms with Gasteiger partial charge in [-0.3, -0.25) is 0 Å². The van der Waals surface area contributed by atoms with Crippen molar-refractivity contribution < 1.29 is 19.0 Å². The van der Waals surface area contributed by atoms with Gasteiger partial charge in [-0.2, -0.15) is 0 Å². The van der Waals surface area contributed by atoms with Crippen LogP contribution in [0.1, 0.15) is 0 Å². The van der Waals surface area contributed by atoms with Gasteiger partial charge in [0, 0.05) is 12.1 Å². The zero-order chi connectivity index (χ0) is 12.1. The van der Waals surface area contributed by atoms with Crippen molar-refractivity contribution in [2.24, 2.45) is 0 Å². The first kappa shape index (κ1) is 12.7. The average Bonchev–Trinajstić information content (AvgIpc) is 2.22. The lowest BCUT2D eigenvalue weighted by atomic mass is 10.2. The van der Waals surface area contributed by atoms with E-state index in [0.717, 1.165) is 6.07 Å². The standard InChI is InChI=1S/C10H11ClFNO3/c1-16-5-9(10(14)15)13-8-4-6(11)2-3-7(8)12/h2-4,9,13H,5H2,1H3,(H,14,15). The number of rotatable bonds is 5. The molecule has 0 aliphatic carbocycles. The SMILES string of the molecule is COCC(Nc1cc(Cl)ccc1F)C(=O)O. The Morgan fingerprint density at radius 3 is 2.94 bits per heavy atom. The van der Waals surface area contributed by atoms with Gasteiger partial charge >= 0.3 is 5.97 Å². The maximum atomic E-state index is 13.3. The zero-order valence-corrected chi connectivity index (χ0v) is 9.29. The molecule has 0 heterocycles. The third-order valence-electron chi connectivity index (χ3n) is 1.89. The summed E-state index contributed by atoms with van der Waals surface area (Å²) in [6.07, 6.45) is 0. The summed E-state index contributed by atoms with van der Waals surface area (Å²) >= 11 is 5.67. The van der Waals surface area contributed by atoms with E-state index in [1.807, 2.05) is 0 Å². The molecule has 6 heteroatoms. The van der Waals surface area contributed by atoms with E-state index >= 15 is 0 Å². The van der Waals surface area contributed by atoms with Gasteiger partial charge < -0.3 is 15.2 Å². The molecular weight excluding hydrogens is 237 g/mol. The minimum atomic E-state index is -1.12. The highest BCUT2D eigenvalue weighted by Gasteiger charge is 2.18. The molecule has 0 radical (unpaired) electrons. The molecule has 0 saturated carbocycles. The predicted octanol–water partition coefficient (Wildman–Crippen LogP) is 1.99. The summed E-state index contributed by atoms with van der Waals surface area (Å²) in [6.45, 7) is -0.0682. The number of carboxylic acids is 1. The third kappa shape index (κ3) is 3.36. The Kier molecular flexibility index (Phi) is 4.52. The van der Waals surface area contributed by atoms with Crippen molar-refractivity contribution in [1.29, 1.82) is 0 Å². The summed E-state index contributed by atoms with van der Waals surface area (Å²) in [4.78, 5) is 10.8. The van der Waals surface area contributed by atoms with Crippen molar-refractivity contribution in [3.05, 3.63) is 29.0 Å². The Bertz CT molecular complexity index is 386. The number of carboxylic acid groups (broad SMARTS) is 1. The predicted molar refractivity (Wildman–Crippen MR) is 58.3 cm³/mol. The second kappa shape index (κ2) is 5.67. The molecule has 1 rings (SSSR count). The Morgan fingerprint density at radius 1 is 1.69 bits per heavy atom. The average molecular weight is 248 g/mol. The van der Waals surface area contributed by atoms with E-state index in [-0.39, 0.29) is 12.3 Å². The number of aliphatic carboxylic acids is 1. The van der Waals surface area contributed by atoms with Crippen LogP contribution in [0.2, 0.25) is 5.02 Å². The number of halogens is 2. The van der Waals surface area contributed by atoms with Crippen molar-refractivity contribution in [2.45, 2.75) is 6.04 Å². The van der Waals surface area contributed by atoms with Gasteiger partial charge in [0.25, 0.3) is 0 Å². The van der Waals surface area contributed by atoms with E-state index < -0.39 is 17.8 Å².